The van der Waals surface area contributed by atoms with Gasteiger partial charge in [0, 0.05) is 28.8 Å². The summed E-state index contributed by atoms with van der Waals surface area (Å²) in [5.74, 6) is 0.627. The Kier molecular flexibility index (Phi) is 3.81. The van der Waals surface area contributed by atoms with E-state index >= 15 is 0 Å². The first kappa shape index (κ1) is 17.4. The minimum absolute atomic E-state index is 0.0209. The normalized spacial score (nSPS) is 23.6. The van der Waals surface area contributed by atoms with Gasteiger partial charge in [-0.2, -0.15) is 5.10 Å². The smallest absolute Gasteiger partial charge is 0.235 e. The van der Waals surface area contributed by atoms with E-state index in [-0.39, 0.29) is 5.91 Å². The molecule has 2 aromatic heterocycles. The number of amides is 1. The standard InChI is InChI=1S/C22H25N5O/c1-22(2)18-16(11-12-24-20(18)25-21(22)28)19-15-5-3-4-6-17(15)27(26-19)14-9-7-13(23)8-10-14/h3-6,11-14H,7-10,23H2,1-2H3,(H,24,25,28). The molecule has 1 aliphatic heterocycles. The molecule has 1 saturated carbocycles. The number of fused-ring (bicyclic) bond motifs is 2. The van der Waals surface area contributed by atoms with Gasteiger partial charge in [0.05, 0.1) is 17.0 Å². The van der Waals surface area contributed by atoms with Gasteiger partial charge in [0.25, 0.3) is 0 Å². The van der Waals surface area contributed by atoms with Crippen molar-refractivity contribution in [1.29, 1.82) is 0 Å². The van der Waals surface area contributed by atoms with Gasteiger partial charge < -0.3 is 11.1 Å². The second-order valence-electron chi connectivity index (χ2n) is 8.54. The number of pyridine rings is 1. The molecule has 144 valence electrons. The van der Waals surface area contributed by atoms with Crippen LogP contribution in [-0.2, 0) is 10.2 Å². The summed E-state index contributed by atoms with van der Waals surface area (Å²) in [6, 6.07) is 11.0. The van der Waals surface area contributed by atoms with Crippen LogP contribution in [0.4, 0.5) is 5.82 Å². The second-order valence-corrected chi connectivity index (χ2v) is 8.54. The fourth-order valence-electron chi connectivity index (χ4n) is 4.68. The Labute approximate surface area is 164 Å². The molecule has 0 spiro atoms. The van der Waals surface area contributed by atoms with Crippen LogP contribution in [0.3, 0.4) is 0 Å². The minimum atomic E-state index is -0.637. The van der Waals surface area contributed by atoms with E-state index in [9.17, 15) is 4.79 Å². The van der Waals surface area contributed by atoms with Gasteiger partial charge >= 0.3 is 0 Å². The van der Waals surface area contributed by atoms with Crippen molar-refractivity contribution in [3.05, 3.63) is 42.1 Å². The fraction of sp³-hybridized carbons (Fsp3) is 0.409. The topological polar surface area (TPSA) is 85.8 Å². The van der Waals surface area contributed by atoms with Crippen LogP contribution in [0.25, 0.3) is 22.2 Å². The third-order valence-electron chi connectivity index (χ3n) is 6.33. The average Bonchev–Trinajstić information content (AvgIpc) is 3.18. The lowest BCUT2D eigenvalue weighted by molar-refractivity contribution is -0.119. The van der Waals surface area contributed by atoms with Crippen LogP contribution in [0.2, 0.25) is 0 Å². The zero-order chi connectivity index (χ0) is 19.5. The SMILES string of the molecule is CC1(C)C(=O)Nc2nccc(-c3nn(C4CCC(N)CC4)c4ccccc34)c21. The molecule has 3 N–H and O–H groups in total. The van der Waals surface area contributed by atoms with Gasteiger partial charge in [-0.3, -0.25) is 9.48 Å². The van der Waals surface area contributed by atoms with E-state index < -0.39 is 5.41 Å². The largest absolute Gasteiger partial charge is 0.328 e. The van der Waals surface area contributed by atoms with E-state index in [0.29, 0.717) is 17.9 Å². The summed E-state index contributed by atoms with van der Waals surface area (Å²) in [4.78, 5) is 16.9. The summed E-state index contributed by atoms with van der Waals surface area (Å²) in [5.41, 5.74) is 9.45. The summed E-state index contributed by atoms with van der Waals surface area (Å²) in [6.07, 6.45) is 5.91. The first-order valence-corrected chi connectivity index (χ1v) is 10.0. The van der Waals surface area contributed by atoms with Crippen molar-refractivity contribution >= 4 is 22.6 Å². The molecule has 6 nitrogen and oxygen atoms in total. The Morgan fingerprint density at radius 1 is 1.14 bits per heavy atom. The highest BCUT2D eigenvalue weighted by molar-refractivity contribution is 6.08. The summed E-state index contributed by atoms with van der Waals surface area (Å²) in [5, 5.41) is 9.12. The fourth-order valence-corrected chi connectivity index (χ4v) is 4.68. The molecule has 0 saturated heterocycles. The van der Waals surface area contributed by atoms with E-state index in [0.717, 1.165) is 53.4 Å². The number of hydrogen-bond donors (Lipinski definition) is 2. The van der Waals surface area contributed by atoms with Gasteiger partial charge in [0.2, 0.25) is 5.91 Å². The van der Waals surface area contributed by atoms with Crippen molar-refractivity contribution in [3.8, 4) is 11.3 Å². The predicted octanol–water partition coefficient (Wildman–Crippen LogP) is 3.77. The summed E-state index contributed by atoms with van der Waals surface area (Å²) in [7, 11) is 0. The number of para-hydroxylation sites is 1. The van der Waals surface area contributed by atoms with Crippen molar-refractivity contribution in [2.24, 2.45) is 5.73 Å². The second kappa shape index (κ2) is 6.14. The molecule has 0 atom stereocenters. The number of benzene rings is 1. The lowest BCUT2D eigenvalue weighted by atomic mass is 9.83. The van der Waals surface area contributed by atoms with Gasteiger partial charge in [-0.25, -0.2) is 4.98 Å². The molecule has 1 aliphatic carbocycles. The molecular formula is C22H25N5O. The maximum absolute atomic E-state index is 12.5. The molecule has 5 rings (SSSR count). The van der Waals surface area contributed by atoms with E-state index in [2.05, 4.69) is 33.2 Å². The predicted molar refractivity (Wildman–Crippen MR) is 110 cm³/mol. The molecule has 3 heterocycles. The molecule has 2 aliphatic rings. The van der Waals surface area contributed by atoms with Crippen LogP contribution >= 0.6 is 0 Å². The van der Waals surface area contributed by atoms with Crippen molar-refractivity contribution in [2.45, 2.75) is 57.0 Å². The molecule has 6 heteroatoms. The molecule has 0 unspecified atom stereocenters. The third-order valence-corrected chi connectivity index (χ3v) is 6.33. The van der Waals surface area contributed by atoms with E-state index in [1.54, 1.807) is 6.20 Å². The molecule has 1 amide bonds. The number of nitrogens with two attached hydrogens (primary N) is 1. The van der Waals surface area contributed by atoms with Crippen LogP contribution in [-0.4, -0.2) is 26.7 Å². The third kappa shape index (κ3) is 2.48. The van der Waals surface area contributed by atoms with Crippen LogP contribution in [0.5, 0.6) is 0 Å². The number of rotatable bonds is 2. The van der Waals surface area contributed by atoms with E-state index in [1.165, 1.54) is 0 Å². The number of anilines is 1. The monoisotopic (exact) mass is 375 g/mol. The number of nitrogens with one attached hydrogen (secondary N) is 1. The first-order chi connectivity index (χ1) is 13.5. The van der Waals surface area contributed by atoms with Gasteiger partial charge in [-0.1, -0.05) is 18.2 Å². The van der Waals surface area contributed by atoms with Gasteiger partial charge in [0.15, 0.2) is 0 Å². The van der Waals surface area contributed by atoms with Crippen LogP contribution < -0.4 is 11.1 Å². The average molecular weight is 375 g/mol. The van der Waals surface area contributed by atoms with Crippen LogP contribution in [0, 0.1) is 0 Å². The Hall–Kier alpha value is -2.73. The number of hydrogen-bond acceptors (Lipinski definition) is 4. The van der Waals surface area contributed by atoms with Gasteiger partial charge in [-0.05, 0) is 51.7 Å². The highest BCUT2D eigenvalue weighted by Crippen LogP contribution is 2.44. The van der Waals surface area contributed by atoms with Crippen molar-refractivity contribution < 1.29 is 4.79 Å². The van der Waals surface area contributed by atoms with Gasteiger partial charge in [0.1, 0.15) is 11.5 Å². The zero-order valence-corrected chi connectivity index (χ0v) is 16.3. The lowest BCUT2D eigenvalue weighted by Gasteiger charge is -2.26. The summed E-state index contributed by atoms with van der Waals surface area (Å²) >= 11 is 0. The molecule has 28 heavy (non-hydrogen) atoms. The maximum atomic E-state index is 12.5. The number of carbonyl (C=O) groups excluding carboxylic acids is 1. The Morgan fingerprint density at radius 3 is 2.68 bits per heavy atom. The van der Waals surface area contributed by atoms with Crippen molar-refractivity contribution in [3.63, 3.8) is 0 Å². The molecule has 1 fully saturated rings. The van der Waals surface area contributed by atoms with Gasteiger partial charge in [-0.15, -0.1) is 0 Å². The molecular weight excluding hydrogens is 350 g/mol. The number of nitrogens with zero attached hydrogens (tertiary/aromatic N) is 3. The molecule has 3 aromatic rings. The summed E-state index contributed by atoms with van der Waals surface area (Å²) in [6.45, 7) is 3.89. The lowest BCUT2D eigenvalue weighted by Crippen LogP contribution is -2.28. The first-order valence-electron chi connectivity index (χ1n) is 10.0. The maximum Gasteiger partial charge on any atom is 0.235 e. The van der Waals surface area contributed by atoms with E-state index in [4.69, 9.17) is 10.8 Å². The summed E-state index contributed by atoms with van der Waals surface area (Å²) < 4.78 is 2.18. The number of carbonyl (C=O) groups is 1. The minimum Gasteiger partial charge on any atom is -0.328 e. The van der Waals surface area contributed by atoms with E-state index in [1.807, 2.05) is 26.0 Å². The zero-order valence-electron chi connectivity index (χ0n) is 16.3. The molecule has 0 radical (unpaired) electrons. The Morgan fingerprint density at radius 2 is 1.89 bits per heavy atom. The molecule has 1 aromatic carbocycles. The highest BCUT2D eigenvalue weighted by atomic mass is 16.2. The highest BCUT2D eigenvalue weighted by Gasteiger charge is 2.42. The Balaban J connectivity index is 1.70. The quantitative estimate of drug-likeness (QED) is 0.714. The van der Waals surface area contributed by atoms with Crippen molar-refractivity contribution in [1.82, 2.24) is 14.8 Å². The van der Waals surface area contributed by atoms with Crippen molar-refractivity contribution in [2.75, 3.05) is 5.32 Å². The number of aromatic nitrogens is 3. The van der Waals surface area contributed by atoms with Crippen LogP contribution in [0.15, 0.2) is 36.5 Å². The van der Waals surface area contributed by atoms with Crippen LogP contribution in [0.1, 0.15) is 51.1 Å². The Bertz CT molecular complexity index is 1080. The molecule has 0 bridgehead atoms.